The van der Waals surface area contributed by atoms with Gasteiger partial charge < -0.3 is 11.1 Å². The molecular formula is C12H15N3O. The van der Waals surface area contributed by atoms with Crippen molar-refractivity contribution in [3.05, 3.63) is 29.8 Å². The van der Waals surface area contributed by atoms with Crippen LogP contribution < -0.4 is 11.1 Å². The normalized spacial score (nSPS) is 9.50. The molecule has 0 saturated carbocycles. The Bertz CT molecular complexity index is 378. The van der Waals surface area contributed by atoms with Crippen molar-refractivity contribution in [2.75, 3.05) is 11.9 Å². The van der Waals surface area contributed by atoms with E-state index in [-0.39, 0.29) is 5.91 Å². The molecule has 0 atom stereocenters. The zero-order chi connectivity index (χ0) is 11.8. The maximum Gasteiger partial charge on any atom is 0.224 e. The Kier molecular flexibility index (Phi) is 5.03. The van der Waals surface area contributed by atoms with E-state index >= 15 is 0 Å². The monoisotopic (exact) mass is 217 g/mol. The molecule has 0 radical (unpaired) electrons. The minimum atomic E-state index is -0.0292. The number of rotatable bonds is 5. The first-order valence-corrected chi connectivity index (χ1v) is 5.22. The quantitative estimate of drug-likeness (QED) is 0.783. The molecule has 0 saturated heterocycles. The number of anilines is 1. The Morgan fingerprint density at radius 3 is 2.62 bits per heavy atom. The largest absolute Gasteiger partial charge is 0.330 e. The summed E-state index contributed by atoms with van der Waals surface area (Å²) in [5, 5.41) is 11.3. The third kappa shape index (κ3) is 4.11. The Morgan fingerprint density at radius 2 is 2.06 bits per heavy atom. The lowest BCUT2D eigenvalue weighted by molar-refractivity contribution is -0.116. The van der Waals surface area contributed by atoms with E-state index in [1.165, 1.54) is 0 Å². The van der Waals surface area contributed by atoms with E-state index in [1.54, 1.807) is 12.1 Å². The minimum absolute atomic E-state index is 0.0292. The highest BCUT2D eigenvalue weighted by Gasteiger charge is 2.01. The van der Waals surface area contributed by atoms with E-state index in [0.29, 0.717) is 25.8 Å². The molecule has 3 N–H and O–H groups in total. The molecule has 0 spiro atoms. The molecule has 0 aliphatic rings. The molecule has 0 unspecified atom stereocenters. The van der Waals surface area contributed by atoms with Crippen molar-refractivity contribution in [2.24, 2.45) is 5.73 Å². The molecule has 0 fully saturated rings. The second-order valence-electron chi connectivity index (χ2n) is 3.47. The van der Waals surface area contributed by atoms with Crippen LogP contribution >= 0.6 is 0 Å². The zero-order valence-electron chi connectivity index (χ0n) is 9.07. The summed E-state index contributed by atoms with van der Waals surface area (Å²) >= 11 is 0. The third-order valence-electron chi connectivity index (χ3n) is 2.13. The first kappa shape index (κ1) is 12.2. The van der Waals surface area contributed by atoms with Crippen molar-refractivity contribution in [1.82, 2.24) is 0 Å². The van der Waals surface area contributed by atoms with E-state index < -0.39 is 0 Å². The van der Waals surface area contributed by atoms with Crippen LogP contribution in [0.2, 0.25) is 0 Å². The molecule has 1 aromatic carbocycles. The molecule has 0 aromatic heterocycles. The van der Waals surface area contributed by atoms with Gasteiger partial charge in [0.05, 0.1) is 12.5 Å². The molecule has 16 heavy (non-hydrogen) atoms. The summed E-state index contributed by atoms with van der Waals surface area (Å²) in [6.07, 6.45) is 1.52. The van der Waals surface area contributed by atoms with Crippen LogP contribution in [0.3, 0.4) is 0 Å². The van der Waals surface area contributed by atoms with Gasteiger partial charge in [0.1, 0.15) is 0 Å². The highest BCUT2D eigenvalue weighted by Crippen LogP contribution is 2.10. The standard InChI is InChI=1S/C12H15N3O/c13-8-1-2-12(16)15-11-5-3-10(4-6-11)7-9-14/h3-6H,1-2,7-8,13H2,(H,15,16). The Morgan fingerprint density at radius 1 is 1.38 bits per heavy atom. The number of nitriles is 1. The summed E-state index contributed by atoms with van der Waals surface area (Å²) in [5.74, 6) is -0.0292. The van der Waals surface area contributed by atoms with Gasteiger partial charge in [-0.1, -0.05) is 12.1 Å². The summed E-state index contributed by atoms with van der Waals surface area (Å²) in [6, 6.07) is 9.34. The number of nitrogens with one attached hydrogen (secondary N) is 1. The maximum atomic E-state index is 11.4. The van der Waals surface area contributed by atoms with Gasteiger partial charge in [0.15, 0.2) is 0 Å². The summed E-state index contributed by atoms with van der Waals surface area (Å²) in [5.41, 5.74) is 7.01. The first-order chi connectivity index (χ1) is 7.76. The fourth-order valence-corrected chi connectivity index (χ4v) is 1.28. The van der Waals surface area contributed by atoms with Crippen LogP contribution in [0.1, 0.15) is 18.4 Å². The van der Waals surface area contributed by atoms with Gasteiger partial charge >= 0.3 is 0 Å². The van der Waals surface area contributed by atoms with Gasteiger partial charge in [0.25, 0.3) is 0 Å². The van der Waals surface area contributed by atoms with Gasteiger partial charge in [-0.2, -0.15) is 5.26 Å². The predicted octanol–water partition coefficient (Wildman–Crippen LogP) is 1.43. The highest BCUT2D eigenvalue weighted by molar-refractivity contribution is 5.90. The van der Waals surface area contributed by atoms with E-state index in [1.807, 2.05) is 12.1 Å². The molecule has 0 bridgehead atoms. The van der Waals surface area contributed by atoms with E-state index in [0.717, 1.165) is 11.3 Å². The average Bonchev–Trinajstić information content (AvgIpc) is 2.29. The zero-order valence-corrected chi connectivity index (χ0v) is 9.07. The number of hydrogen-bond donors (Lipinski definition) is 2. The van der Waals surface area contributed by atoms with Gasteiger partial charge in [-0.3, -0.25) is 4.79 Å². The molecule has 84 valence electrons. The van der Waals surface area contributed by atoms with Gasteiger partial charge in [-0.05, 0) is 30.7 Å². The van der Waals surface area contributed by atoms with Crippen LogP contribution in [0.15, 0.2) is 24.3 Å². The lowest BCUT2D eigenvalue weighted by Crippen LogP contribution is -2.13. The number of carbonyl (C=O) groups excluding carboxylic acids is 1. The summed E-state index contributed by atoms with van der Waals surface area (Å²) < 4.78 is 0. The predicted molar refractivity (Wildman–Crippen MR) is 62.7 cm³/mol. The van der Waals surface area contributed by atoms with Gasteiger partial charge in [0, 0.05) is 12.1 Å². The van der Waals surface area contributed by atoms with Crippen molar-refractivity contribution in [3.63, 3.8) is 0 Å². The van der Waals surface area contributed by atoms with Crippen molar-refractivity contribution < 1.29 is 4.79 Å². The van der Waals surface area contributed by atoms with Gasteiger partial charge in [-0.25, -0.2) is 0 Å². The topological polar surface area (TPSA) is 78.9 Å². The summed E-state index contributed by atoms with van der Waals surface area (Å²) in [4.78, 5) is 11.4. The molecule has 0 aliphatic carbocycles. The van der Waals surface area contributed by atoms with Gasteiger partial charge in [-0.15, -0.1) is 0 Å². The van der Waals surface area contributed by atoms with Crippen molar-refractivity contribution >= 4 is 11.6 Å². The minimum Gasteiger partial charge on any atom is -0.330 e. The van der Waals surface area contributed by atoms with Crippen LogP contribution in [-0.2, 0) is 11.2 Å². The van der Waals surface area contributed by atoms with Crippen LogP contribution in [0, 0.1) is 11.3 Å². The van der Waals surface area contributed by atoms with Crippen LogP contribution in [0.25, 0.3) is 0 Å². The molecule has 0 aliphatic heterocycles. The van der Waals surface area contributed by atoms with E-state index in [4.69, 9.17) is 11.0 Å². The Labute approximate surface area is 95.1 Å². The first-order valence-electron chi connectivity index (χ1n) is 5.22. The van der Waals surface area contributed by atoms with Crippen LogP contribution in [0.4, 0.5) is 5.69 Å². The Hall–Kier alpha value is -1.86. The molecule has 1 aromatic rings. The lowest BCUT2D eigenvalue weighted by Gasteiger charge is -2.04. The molecule has 1 amide bonds. The second kappa shape index (κ2) is 6.59. The van der Waals surface area contributed by atoms with E-state index in [9.17, 15) is 4.79 Å². The van der Waals surface area contributed by atoms with Crippen molar-refractivity contribution in [3.8, 4) is 6.07 Å². The smallest absolute Gasteiger partial charge is 0.224 e. The summed E-state index contributed by atoms with van der Waals surface area (Å²) in [6.45, 7) is 0.522. The molecule has 4 nitrogen and oxygen atoms in total. The molecule has 1 rings (SSSR count). The fourth-order valence-electron chi connectivity index (χ4n) is 1.28. The number of amides is 1. The number of nitrogens with zero attached hydrogens (tertiary/aromatic N) is 1. The molecular weight excluding hydrogens is 202 g/mol. The van der Waals surface area contributed by atoms with Crippen molar-refractivity contribution in [1.29, 1.82) is 5.26 Å². The molecule has 0 heterocycles. The third-order valence-corrected chi connectivity index (χ3v) is 2.13. The number of hydrogen-bond acceptors (Lipinski definition) is 3. The fraction of sp³-hybridized carbons (Fsp3) is 0.333. The lowest BCUT2D eigenvalue weighted by atomic mass is 10.1. The average molecular weight is 217 g/mol. The maximum absolute atomic E-state index is 11.4. The number of nitrogens with two attached hydrogens (primary N) is 1. The number of carbonyl (C=O) groups is 1. The van der Waals surface area contributed by atoms with Crippen LogP contribution in [-0.4, -0.2) is 12.5 Å². The van der Waals surface area contributed by atoms with Gasteiger partial charge in [0.2, 0.25) is 5.91 Å². The van der Waals surface area contributed by atoms with E-state index in [2.05, 4.69) is 11.4 Å². The second-order valence-corrected chi connectivity index (χ2v) is 3.47. The SMILES string of the molecule is N#CCc1ccc(NC(=O)CCCN)cc1. The molecule has 4 heteroatoms. The van der Waals surface area contributed by atoms with Crippen LogP contribution in [0.5, 0.6) is 0 Å². The number of benzene rings is 1. The Balaban J connectivity index is 2.49. The van der Waals surface area contributed by atoms with Crippen molar-refractivity contribution in [2.45, 2.75) is 19.3 Å². The highest BCUT2D eigenvalue weighted by atomic mass is 16.1. The summed E-state index contributed by atoms with van der Waals surface area (Å²) in [7, 11) is 0.